The lowest BCUT2D eigenvalue weighted by Gasteiger charge is -2.18. The van der Waals surface area contributed by atoms with Crippen molar-refractivity contribution >= 4 is 11.6 Å². The minimum atomic E-state index is 0.123. The summed E-state index contributed by atoms with van der Waals surface area (Å²) in [6.45, 7) is 0.765. The van der Waals surface area contributed by atoms with Gasteiger partial charge in [0.1, 0.15) is 0 Å². The van der Waals surface area contributed by atoms with Crippen molar-refractivity contribution in [3.8, 4) is 0 Å². The number of para-hydroxylation sites is 1. The van der Waals surface area contributed by atoms with Gasteiger partial charge in [-0.15, -0.1) is 0 Å². The smallest absolute Gasteiger partial charge is 0.227 e. The molecule has 0 bridgehead atoms. The molecule has 1 amide bonds. The van der Waals surface area contributed by atoms with Crippen LogP contribution in [0.1, 0.15) is 24.8 Å². The summed E-state index contributed by atoms with van der Waals surface area (Å²) in [4.78, 5) is 12.2. The van der Waals surface area contributed by atoms with Crippen molar-refractivity contribution in [2.24, 2.45) is 5.92 Å². The summed E-state index contributed by atoms with van der Waals surface area (Å²) in [5, 5.41) is 6.17. The summed E-state index contributed by atoms with van der Waals surface area (Å²) in [5.74, 6) is 0.264. The van der Waals surface area contributed by atoms with Crippen molar-refractivity contribution in [1.29, 1.82) is 0 Å². The largest absolute Gasteiger partial charge is 0.326 e. The third kappa shape index (κ3) is 3.20. The highest BCUT2D eigenvalue weighted by Crippen LogP contribution is 2.21. The molecule has 18 heavy (non-hydrogen) atoms. The van der Waals surface area contributed by atoms with E-state index in [0.717, 1.165) is 37.1 Å². The van der Waals surface area contributed by atoms with Crippen LogP contribution in [0.5, 0.6) is 0 Å². The predicted molar refractivity (Wildman–Crippen MR) is 74.3 cm³/mol. The van der Waals surface area contributed by atoms with Gasteiger partial charge in [0.25, 0.3) is 0 Å². The number of nitrogens with one attached hydrogen (secondary N) is 2. The van der Waals surface area contributed by atoms with E-state index < -0.39 is 0 Å². The molecule has 2 N–H and O–H groups in total. The fourth-order valence-corrected chi connectivity index (χ4v) is 2.25. The second-order valence-electron chi connectivity index (χ2n) is 4.66. The van der Waals surface area contributed by atoms with Crippen LogP contribution in [0.4, 0.5) is 5.69 Å². The van der Waals surface area contributed by atoms with Gasteiger partial charge in [-0.2, -0.15) is 0 Å². The van der Waals surface area contributed by atoms with Crippen molar-refractivity contribution in [2.45, 2.75) is 25.8 Å². The van der Waals surface area contributed by atoms with Gasteiger partial charge in [-0.25, -0.2) is 0 Å². The standard InChI is InChI=1S/C15H20N2O/c1-16-11-13-9-5-6-10-14(13)17-15(18)12-7-3-2-4-8-12/h2-3,5-6,9-10,12,16H,4,7-8,11H2,1H3,(H,17,18). The fourth-order valence-electron chi connectivity index (χ4n) is 2.25. The summed E-state index contributed by atoms with van der Waals surface area (Å²) >= 11 is 0. The number of benzene rings is 1. The van der Waals surface area contributed by atoms with E-state index in [1.54, 1.807) is 0 Å². The van der Waals surface area contributed by atoms with Crippen LogP contribution in [0.3, 0.4) is 0 Å². The molecule has 1 aromatic carbocycles. The van der Waals surface area contributed by atoms with E-state index in [0.29, 0.717) is 0 Å². The van der Waals surface area contributed by atoms with E-state index in [1.807, 2.05) is 31.3 Å². The lowest BCUT2D eigenvalue weighted by molar-refractivity contribution is -0.120. The summed E-state index contributed by atoms with van der Waals surface area (Å²) in [7, 11) is 1.91. The molecule has 96 valence electrons. The number of hydrogen-bond acceptors (Lipinski definition) is 2. The van der Waals surface area contributed by atoms with Gasteiger partial charge >= 0.3 is 0 Å². The van der Waals surface area contributed by atoms with Crippen LogP contribution in [-0.4, -0.2) is 13.0 Å². The van der Waals surface area contributed by atoms with E-state index in [2.05, 4.69) is 22.8 Å². The summed E-state index contributed by atoms with van der Waals surface area (Å²) < 4.78 is 0. The summed E-state index contributed by atoms with van der Waals surface area (Å²) in [6, 6.07) is 7.94. The van der Waals surface area contributed by atoms with Gasteiger partial charge in [-0.05, 0) is 37.9 Å². The monoisotopic (exact) mass is 244 g/mol. The number of amides is 1. The Bertz CT molecular complexity index is 440. The van der Waals surface area contributed by atoms with Crippen molar-refractivity contribution in [3.05, 3.63) is 42.0 Å². The number of carbonyl (C=O) groups excluding carboxylic acids is 1. The number of allylic oxidation sites excluding steroid dienone is 2. The van der Waals surface area contributed by atoms with Crippen LogP contribution in [0, 0.1) is 5.92 Å². The molecule has 1 unspecified atom stereocenters. The average Bonchev–Trinajstić information content (AvgIpc) is 2.42. The maximum Gasteiger partial charge on any atom is 0.227 e. The topological polar surface area (TPSA) is 41.1 Å². The molecule has 1 aromatic rings. The molecule has 1 atom stereocenters. The Morgan fingerprint density at radius 1 is 1.33 bits per heavy atom. The highest BCUT2D eigenvalue weighted by molar-refractivity contribution is 5.93. The van der Waals surface area contributed by atoms with Crippen molar-refractivity contribution in [3.63, 3.8) is 0 Å². The van der Waals surface area contributed by atoms with Crippen LogP contribution in [0.15, 0.2) is 36.4 Å². The Morgan fingerprint density at radius 2 is 2.17 bits per heavy atom. The molecule has 0 heterocycles. The van der Waals surface area contributed by atoms with Crippen LogP contribution in [0.25, 0.3) is 0 Å². The third-order valence-corrected chi connectivity index (χ3v) is 3.28. The number of carbonyl (C=O) groups is 1. The molecule has 0 radical (unpaired) electrons. The first kappa shape index (κ1) is 12.8. The molecular weight excluding hydrogens is 224 g/mol. The lowest BCUT2D eigenvalue weighted by atomic mass is 9.93. The Balaban J connectivity index is 2.04. The molecule has 0 fully saturated rings. The van der Waals surface area contributed by atoms with Crippen LogP contribution in [0.2, 0.25) is 0 Å². The molecule has 3 nitrogen and oxygen atoms in total. The molecule has 0 aromatic heterocycles. The molecule has 0 aliphatic heterocycles. The first-order valence-electron chi connectivity index (χ1n) is 6.49. The SMILES string of the molecule is CNCc1ccccc1NC(=O)C1CC=CCC1. The van der Waals surface area contributed by atoms with E-state index in [9.17, 15) is 4.79 Å². The highest BCUT2D eigenvalue weighted by atomic mass is 16.1. The Morgan fingerprint density at radius 3 is 2.89 bits per heavy atom. The second kappa shape index (κ2) is 6.36. The minimum Gasteiger partial charge on any atom is -0.326 e. The van der Waals surface area contributed by atoms with Gasteiger partial charge in [0, 0.05) is 18.2 Å². The quantitative estimate of drug-likeness (QED) is 0.800. The Hall–Kier alpha value is -1.61. The predicted octanol–water partition coefficient (Wildman–Crippen LogP) is 2.70. The van der Waals surface area contributed by atoms with E-state index in [1.165, 1.54) is 0 Å². The van der Waals surface area contributed by atoms with Gasteiger partial charge in [0.2, 0.25) is 5.91 Å². The summed E-state index contributed by atoms with van der Waals surface area (Å²) in [6.07, 6.45) is 7.08. The zero-order valence-electron chi connectivity index (χ0n) is 10.8. The number of anilines is 1. The zero-order valence-corrected chi connectivity index (χ0v) is 10.8. The normalized spacial score (nSPS) is 18.6. The molecule has 0 spiro atoms. The van der Waals surface area contributed by atoms with E-state index in [4.69, 9.17) is 0 Å². The first-order valence-corrected chi connectivity index (χ1v) is 6.49. The van der Waals surface area contributed by atoms with E-state index in [-0.39, 0.29) is 11.8 Å². The number of hydrogen-bond donors (Lipinski definition) is 2. The average molecular weight is 244 g/mol. The van der Waals surface area contributed by atoms with Crippen LogP contribution >= 0.6 is 0 Å². The van der Waals surface area contributed by atoms with Crippen molar-refractivity contribution in [1.82, 2.24) is 5.32 Å². The molecule has 0 saturated heterocycles. The minimum absolute atomic E-state index is 0.123. The zero-order chi connectivity index (χ0) is 12.8. The first-order chi connectivity index (χ1) is 8.81. The van der Waals surface area contributed by atoms with Gasteiger partial charge in [-0.3, -0.25) is 4.79 Å². The molecule has 3 heteroatoms. The molecular formula is C15H20N2O. The fraction of sp³-hybridized carbons (Fsp3) is 0.400. The molecule has 2 rings (SSSR count). The van der Waals surface area contributed by atoms with Gasteiger partial charge in [0.15, 0.2) is 0 Å². The van der Waals surface area contributed by atoms with Gasteiger partial charge < -0.3 is 10.6 Å². The van der Waals surface area contributed by atoms with Crippen molar-refractivity contribution < 1.29 is 4.79 Å². The second-order valence-corrected chi connectivity index (χ2v) is 4.66. The Kier molecular flexibility index (Phi) is 4.53. The maximum absolute atomic E-state index is 12.2. The Labute approximate surface area is 108 Å². The molecule has 0 saturated carbocycles. The lowest BCUT2D eigenvalue weighted by Crippen LogP contribution is -2.24. The maximum atomic E-state index is 12.2. The van der Waals surface area contributed by atoms with Gasteiger partial charge in [0.05, 0.1) is 0 Å². The summed E-state index contributed by atoms with van der Waals surface area (Å²) in [5.41, 5.74) is 2.05. The molecule has 1 aliphatic carbocycles. The van der Waals surface area contributed by atoms with E-state index >= 15 is 0 Å². The number of rotatable bonds is 4. The third-order valence-electron chi connectivity index (χ3n) is 3.28. The van der Waals surface area contributed by atoms with Crippen LogP contribution < -0.4 is 10.6 Å². The molecule has 1 aliphatic rings. The van der Waals surface area contributed by atoms with Crippen molar-refractivity contribution in [2.75, 3.05) is 12.4 Å². The van der Waals surface area contributed by atoms with Gasteiger partial charge in [-0.1, -0.05) is 30.4 Å². The highest BCUT2D eigenvalue weighted by Gasteiger charge is 2.19. The van der Waals surface area contributed by atoms with Crippen LogP contribution in [-0.2, 0) is 11.3 Å².